The first-order valence-corrected chi connectivity index (χ1v) is 9.02. The van der Waals surface area contributed by atoms with Crippen LogP contribution in [0.5, 0.6) is 5.75 Å². The highest BCUT2D eigenvalue weighted by Crippen LogP contribution is 2.18. The molecule has 2 rings (SSSR count). The van der Waals surface area contributed by atoms with Crippen LogP contribution < -0.4 is 9.46 Å². The topological polar surface area (TPSA) is 55.4 Å². The van der Waals surface area contributed by atoms with Crippen molar-refractivity contribution in [2.75, 3.05) is 13.4 Å². The number of rotatable bonds is 6. The standard InChI is InChI=1S/C15H17NO3S2/c1-19-13-5-3-4-12(10-13)11-16-21(17,18)15-8-6-14(20-2)7-9-15/h3-10,16H,11H2,1-2H3. The third-order valence-corrected chi connectivity index (χ3v) is 5.13. The van der Waals surface area contributed by atoms with E-state index in [0.29, 0.717) is 5.75 Å². The van der Waals surface area contributed by atoms with Crippen molar-refractivity contribution in [1.29, 1.82) is 0 Å². The second-order valence-corrected chi connectivity index (χ2v) is 7.00. The molecule has 21 heavy (non-hydrogen) atoms. The van der Waals surface area contributed by atoms with E-state index in [1.165, 1.54) is 0 Å². The monoisotopic (exact) mass is 323 g/mol. The van der Waals surface area contributed by atoms with Gasteiger partial charge in [-0.05, 0) is 48.2 Å². The molecule has 2 aromatic rings. The number of methoxy groups -OCH3 is 1. The average molecular weight is 323 g/mol. The number of nitrogens with one attached hydrogen (secondary N) is 1. The van der Waals surface area contributed by atoms with Crippen molar-refractivity contribution in [1.82, 2.24) is 4.72 Å². The smallest absolute Gasteiger partial charge is 0.240 e. The molecule has 1 N–H and O–H groups in total. The lowest BCUT2D eigenvalue weighted by atomic mass is 10.2. The van der Waals surface area contributed by atoms with Gasteiger partial charge in [-0.25, -0.2) is 13.1 Å². The Hall–Kier alpha value is -1.50. The summed E-state index contributed by atoms with van der Waals surface area (Å²) in [6.07, 6.45) is 1.95. The molecule has 0 radical (unpaired) electrons. The van der Waals surface area contributed by atoms with Gasteiger partial charge in [-0.3, -0.25) is 0 Å². The summed E-state index contributed by atoms with van der Waals surface area (Å²) >= 11 is 1.57. The van der Waals surface area contributed by atoms with Gasteiger partial charge in [0.05, 0.1) is 12.0 Å². The third kappa shape index (κ3) is 4.23. The zero-order valence-corrected chi connectivity index (χ0v) is 13.5. The molecular formula is C15H17NO3S2. The van der Waals surface area contributed by atoms with Gasteiger partial charge in [0.25, 0.3) is 0 Å². The van der Waals surface area contributed by atoms with Crippen LogP contribution in [0.2, 0.25) is 0 Å². The minimum Gasteiger partial charge on any atom is -0.497 e. The van der Waals surface area contributed by atoms with Crippen LogP contribution in [0.1, 0.15) is 5.56 Å². The number of hydrogen-bond donors (Lipinski definition) is 1. The van der Waals surface area contributed by atoms with Crippen LogP contribution in [-0.2, 0) is 16.6 Å². The highest BCUT2D eigenvalue weighted by atomic mass is 32.2. The summed E-state index contributed by atoms with van der Waals surface area (Å²) in [6, 6.07) is 14.1. The zero-order chi connectivity index (χ0) is 15.3. The van der Waals surface area contributed by atoms with E-state index in [1.54, 1.807) is 49.2 Å². The lowest BCUT2D eigenvalue weighted by Crippen LogP contribution is -2.23. The van der Waals surface area contributed by atoms with Gasteiger partial charge in [0.1, 0.15) is 5.75 Å². The first-order valence-electron chi connectivity index (χ1n) is 6.32. The molecule has 0 aliphatic carbocycles. The number of hydrogen-bond acceptors (Lipinski definition) is 4. The fraction of sp³-hybridized carbons (Fsp3) is 0.200. The van der Waals surface area contributed by atoms with E-state index in [-0.39, 0.29) is 11.4 Å². The Morgan fingerprint density at radius 3 is 2.48 bits per heavy atom. The van der Waals surface area contributed by atoms with Crippen molar-refractivity contribution in [3.63, 3.8) is 0 Å². The molecule has 0 aliphatic heterocycles. The minimum absolute atomic E-state index is 0.226. The van der Waals surface area contributed by atoms with Gasteiger partial charge in [-0.2, -0.15) is 0 Å². The molecule has 0 unspecified atom stereocenters. The predicted octanol–water partition coefficient (Wildman–Crippen LogP) is 2.90. The SMILES string of the molecule is COc1cccc(CNS(=O)(=O)c2ccc(SC)cc2)c1. The molecule has 0 spiro atoms. The van der Waals surface area contributed by atoms with E-state index in [0.717, 1.165) is 10.5 Å². The molecule has 0 saturated heterocycles. The molecule has 0 atom stereocenters. The van der Waals surface area contributed by atoms with E-state index in [9.17, 15) is 8.42 Å². The zero-order valence-electron chi connectivity index (χ0n) is 11.9. The normalized spacial score (nSPS) is 11.3. The van der Waals surface area contributed by atoms with Crippen molar-refractivity contribution in [3.8, 4) is 5.75 Å². The fourth-order valence-corrected chi connectivity index (χ4v) is 3.22. The Labute approximate surface area is 129 Å². The molecule has 6 heteroatoms. The molecule has 0 amide bonds. The highest BCUT2D eigenvalue weighted by Gasteiger charge is 2.13. The maximum absolute atomic E-state index is 12.2. The molecular weight excluding hydrogens is 306 g/mol. The Morgan fingerprint density at radius 1 is 1.14 bits per heavy atom. The van der Waals surface area contributed by atoms with Crippen LogP contribution in [-0.4, -0.2) is 21.8 Å². The Kier molecular flexibility index (Phi) is 5.27. The van der Waals surface area contributed by atoms with Gasteiger partial charge in [0.15, 0.2) is 0 Å². The number of ether oxygens (including phenoxy) is 1. The quantitative estimate of drug-likeness (QED) is 0.831. The van der Waals surface area contributed by atoms with E-state index in [2.05, 4.69) is 4.72 Å². The van der Waals surface area contributed by atoms with Crippen molar-refractivity contribution < 1.29 is 13.2 Å². The van der Waals surface area contributed by atoms with Crippen LogP contribution in [0.3, 0.4) is 0 Å². The van der Waals surface area contributed by atoms with E-state index in [1.807, 2.05) is 24.5 Å². The Balaban J connectivity index is 2.09. The van der Waals surface area contributed by atoms with Crippen LogP contribution in [0.15, 0.2) is 58.3 Å². The molecule has 112 valence electrons. The number of thioether (sulfide) groups is 1. The average Bonchev–Trinajstić information content (AvgIpc) is 2.53. The van der Waals surface area contributed by atoms with Gasteiger partial charge < -0.3 is 4.74 Å². The van der Waals surface area contributed by atoms with E-state index >= 15 is 0 Å². The molecule has 0 aliphatic rings. The molecule has 0 fully saturated rings. The molecule has 4 nitrogen and oxygen atoms in total. The second-order valence-electron chi connectivity index (χ2n) is 4.35. The predicted molar refractivity (Wildman–Crippen MR) is 85.2 cm³/mol. The van der Waals surface area contributed by atoms with Crippen molar-refractivity contribution in [2.24, 2.45) is 0 Å². The first kappa shape index (κ1) is 15.9. The summed E-state index contributed by atoms with van der Waals surface area (Å²) in [6.45, 7) is 0.226. The lowest BCUT2D eigenvalue weighted by molar-refractivity contribution is 0.414. The van der Waals surface area contributed by atoms with Gasteiger partial charge in [0, 0.05) is 11.4 Å². The van der Waals surface area contributed by atoms with Crippen molar-refractivity contribution in [3.05, 3.63) is 54.1 Å². The number of sulfonamides is 1. The van der Waals surface area contributed by atoms with Gasteiger partial charge >= 0.3 is 0 Å². The Bertz CT molecular complexity index is 697. The largest absolute Gasteiger partial charge is 0.497 e. The summed E-state index contributed by atoms with van der Waals surface area (Å²) in [7, 11) is -1.92. The van der Waals surface area contributed by atoms with Gasteiger partial charge in [-0.15, -0.1) is 11.8 Å². The summed E-state index contributed by atoms with van der Waals surface area (Å²) < 4.78 is 32.1. The van der Waals surface area contributed by atoms with Crippen molar-refractivity contribution >= 4 is 21.8 Å². The van der Waals surface area contributed by atoms with E-state index in [4.69, 9.17) is 4.74 Å². The molecule has 2 aromatic carbocycles. The minimum atomic E-state index is -3.50. The molecule has 0 heterocycles. The van der Waals surface area contributed by atoms with Crippen LogP contribution in [0.4, 0.5) is 0 Å². The number of benzene rings is 2. The van der Waals surface area contributed by atoms with Crippen molar-refractivity contribution in [2.45, 2.75) is 16.3 Å². The molecule has 0 saturated carbocycles. The third-order valence-electron chi connectivity index (χ3n) is 2.97. The summed E-state index contributed by atoms with van der Waals surface area (Å²) in [5, 5.41) is 0. The highest BCUT2D eigenvalue weighted by molar-refractivity contribution is 7.98. The van der Waals surface area contributed by atoms with Crippen LogP contribution in [0.25, 0.3) is 0 Å². The van der Waals surface area contributed by atoms with Gasteiger partial charge in [0.2, 0.25) is 10.0 Å². The maximum Gasteiger partial charge on any atom is 0.240 e. The van der Waals surface area contributed by atoms with Gasteiger partial charge in [-0.1, -0.05) is 12.1 Å². The lowest BCUT2D eigenvalue weighted by Gasteiger charge is -2.08. The molecule has 0 aromatic heterocycles. The summed E-state index contributed by atoms with van der Waals surface area (Å²) in [4.78, 5) is 1.30. The van der Waals surface area contributed by atoms with E-state index < -0.39 is 10.0 Å². The Morgan fingerprint density at radius 2 is 1.86 bits per heavy atom. The molecule has 0 bridgehead atoms. The summed E-state index contributed by atoms with van der Waals surface area (Å²) in [5.41, 5.74) is 0.846. The van der Waals surface area contributed by atoms with Crippen LogP contribution in [0, 0.1) is 0 Å². The summed E-state index contributed by atoms with van der Waals surface area (Å²) in [5.74, 6) is 0.705. The maximum atomic E-state index is 12.2. The second kappa shape index (κ2) is 6.98. The first-order chi connectivity index (χ1) is 10.0. The fourth-order valence-electron chi connectivity index (χ4n) is 1.80. The van der Waals surface area contributed by atoms with Crippen LogP contribution >= 0.6 is 11.8 Å².